The number of likely N-dealkylation sites (tertiary alicyclic amines) is 1. The predicted octanol–water partition coefficient (Wildman–Crippen LogP) is 1.29. The molecule has 2 aliphatic rings. The SMILES string of the molecule is O=C(CCC1CCNC1)N1CCCC(O)(C(F)(F)F)C1. The van der Waals surface area contributed by atoms with Gasteiger partial charge in [-0.1, -0.05) is 0 Å². The molecule has 0 bridgehead atoms. The Labute approximate surface area is 116 Å². The lowest BCUT2D eigenvalue weighted by molar-refractivity contribution is -0.272. The van der Waals surface area contributed by atoms with Gasteiger partial charge in [-0.25, -0.2) is 0 Å². The summed E-state index contributed by atoms with van der Waals surface area (Å²) >= 11 is 0. The molecule has 0 aliphatic carbocycles. The van der Waals surface area contributed by atoms with Crippen LogP contribution in [0.25, 0.3) is 0 Å². The molecule has 2 unspecified atom stereocenters. The zero-order chi connectivity index (χ0) is 14.8. The van der Waals surface area contributed by atoms with E-state index >= 15 is 0 Å². The number of hydrogen-bond acceptors (Lipinski definition) is 3. The number of nitrogens with zero attached hydrogens (tertiary/aromatic N) is 1. The van der Waals surface area contributed by atoms with Crippen molar-refractivity contribution in [1.82, 2.24) is 10.2 Å². The third-order valence-electron chi connectivity index (χ3n) is 4.28. The molecule has 2 saturated heterocycles. The van der Waals surface area contributed by atoms with E-state index < -0.39 is 18.3 Å². The molecule has 2 aliphatic heterocycles. The lowest BCUT2D eigenvalue weighted by atomic mass is 9.91. The van der Waals surface area contributed by atoms with Crippen LogP contribution in [0.4, 0.5) is 13.2 Å². The Morgan fingerprint density at radius 2 is 2.20 bits per heavy atom. The Morgan fingerprint density at radius 1 is 1.45 bits per heavy atom. The van der Waals surface area contributed by atoms with E-state index in [2.05, 4.69) is 5.32 Å². The first-order chi connectivity index (χ1) is 9.32. The van der Waals surface area contributed by atoms with E-state index in [1.54, 1.807) is 0 Å². The molecule has 0 spiro atoms. The van der Waals surface area contributed by atoms with E-state index in [0.29, 0.717) is 18.9 Å². The Bertz CT molecular complexity index is 356. The summed E-state index contributed by atoms with van der Waals surface area (Å²) in [6, 6.07) is 0. The van der Waals surface area contributed by atoms with Crippen LogP contribution in [-0.4, -0.2) is 53.9 Å². The van der Waals surface area contributed by atoms with Crippen molar-refractivity contribution in [2.24, 2.45) is 5.92 Å². The van der Waals surface area contributed by atoms with Crippen LogP contribution in [0.2, 0.25) is 0 Å². The Morgan fingerprint density at radius 3 is 2.80 bits per heavy atom. The maximum atomic E-state index is 12.8. The normalized spacial score (nSPS) is 31.6. The van der Waals surface area contributed by atoms with Crippen LogP contribution < -0.4 is 5.32 Å². The quantitative estimate of drug-likeness (QED) is 0.825. The van der Waals surface area contributed by atoms with E-state index in [4.69, 9.17) is 0 Å². The first-order valence-corrected chi connectivity index (χ1v) is 7.09. The van der Waals surface area contributed by atoms with Crippen molar-refractivity contribution in [3.63, 3.8) is 0 Å². The summed E-state index contributed by atoms with van der Waals surface area (Å²) in [5.41, 5.74) is -2.74. The Balaban J connectivity index is 1.86. The standard InChI is InChI=1S/C13H21F3N2O2/c14-13(15,16)12(20)5-1-7-18(9-12)11(19)3-2-10-4-6-17-8-10/h10,17,20H,1-9H2. The lowest BCUT2D eigenvalue weighted by Crippen LogP contribution is -2.58. The van der Waals surface area contributed by atoms with Gasteiger partial charge in [0.05, 0.1) is 6.54 Å². The minimum atomic E-state index is -4.68. The van der Waals surface area contributed by atoms with Crippen LogP contribution in [0.1, 0.15) is 32.1 Å². The highest BCUT2D eigenvalue weighted by Crippen LogP contribution is 2.37. The topological polar surface area (TPSA) is 52.6 Å². The number of aliphatic hydroxyl groups is 1. The van der Waals surface area contributed by atoms with Gasteiger partial charge in [0.15, 0.2) is 5.60 Å². The van der Waals surface area contributed by atoms with Crippen LogP contribution in [0.15, 0.2) is 0 Å². The second-order valence-electron chi connectivity index (χ2n) is 5.85. The van der Waals surface area contributed by atoms with Crippen molar-refractivity contribution in [1.29, 1.82) is 0 Å². The van der Waals surface area contributed by atoms with Crippen LogP contribution >= 0.6 is 0 Å². The van der Waals surface area contributed by atoms with Gasteiger partial charge in [-0.2, -0.15) is 13.2 Å². The lowest BCUT2D eigenvalue weighted by Gasteiger charge is -2.40. The summed E-state index contributed by atoms with van der Waals surface area (Å²) in [6.45, 7) is 1.49. The fourth-order valence-electron chi connectivity index (χ4n) is 2.93. The molecule has 0 aromatic carbocycles. The maximum absolute atomic E-state index is 12.8. The van der Waals surface area contributed by atoms with Gasteiger partial charge in [-0.05, 0) is 44.7 Å². The van der Waals surface area contributed by atoms with Gasteiger partial charge in [0.25, 0.3) is 0 Å². The molecular weight excluding hydrogens is 273 g/mol. The molecule has 2 rings (SSSR count). The smallest absolute Gasteiger partial charge is 0.379 e. The number of β-amino-alcohol motifs (C(OH)–C–C–N with tert-alkyl or cyclic N) is 1. The number of hydrogen-bond donors (Lipinski definition) is 2. The molecule has 0 aromatic rings. The molecule has 7 heteroatoms. The van der Waals surface area contributed by atoms with Crippen molar-refractivity contribution in [2.45, 2.75) is 43.9 Å². The summed E-state index contributed by atoms with van der Waals surface area (Å²) < 4.78 is 38.4. The largest absolute Gasteiger partial charge is 0.418 e. The number of rotatable bonds is 3. The minimum absolute atomic E-state index is 0.187. The summed E-state index contributed by atoms with van der Waals surface area (Å²) in [5, 5.41) is 12.9. The number of alkyl halides is 3. The van der Waals surface area contributed by atoms with Gasteiger partial charge in [0, 0.05) is 13.0 Å². The molecule has 1 amide bonds. The first kappa shape index (κ1) is 15.6. The van der Waals surface area contributed by atoms with Gasteiger partial charge in [0.2, 0.25) is 5.91 Å². The van der Waals surface area contributed by atoms with Gasteiger partial charge < -0.3 is 15.3 Å². The molecule has 4 nitrogen and oxygen atoms in total. The van der Waals surface area contributed by atoms with E-state index in [-0.39, 0.29) is 25.2 Å². The fraction of sp³-hybridized carbons (Fsp3) is 0.923. The highest BCUT2D eigenvalue weighted by molar-refractivity contribution is 5.76. The fourth-order valence-corrected chi connectivity index (χ4v) is 2.93. The average molecular weight is 294 g/mol. The Kier molecular flexibility index (Phi) is 4.59. The molecule has 2 fully saturated rings. The van der Waals surface area contributed by atoms with Gasteiger partial charge in [-0.15, -0.1) is 0 Å². The van der Waals surface area contributed by atoms with E-state index in [0.717, 1.165) is 19.5 Å². The molecule has 20 heavy (non-hydrogen) atoms. The second kappa shape index (κ2) is 5.89. The van der Waals surface area contributed by atoms with Crippen LogP contribution in [0.5, 0.6) is 0 Å². The van der Waals surface area contributed by atoms with Crippen molar-refractivity contribution in [2.75, 3.05) is 26.2 Å². The second-order valence-corrected chi connectivity index (χ2v) is 5.85. The van der Waals surface area contributed by atoms with Gasteiger partial charge in [0.1, 0.15) is 0 Å². The number of amides is 1. The molecule has 2 atom stereocenters. The molecule has 2 heterocycles. The number of halogens is 3. The van der Waals surface area contributed by atoms with Crippen LogP contribution in [0, 0.1) is 5.92 Å². The van der Waals surface area contributed by atoms with Gasteiger partial charge >= 0.3 is 6.18 Å². The third-order valence-corrected chi connectivity index (χ3v) is 4.28. The highest BCUT2D eigenvalue weighted by Gasteiger charge is 2.55. The minimum Gasteiger partial charge on any atom is -0.379 e. The van der Waals surface area contributed by atoms with Crippen molar-refractivity contribution < 1.29 is 23.1 Å². The third kappa shape index (κ3) is 3.44. The first-order valence-electron chi connectivity index (χ1n) is 7.09. The molecule has 116 valence electrons. The predicted molar refractivity (Wildman–Crippen MR) is 67.0 cm³/mol. The molecular formula is C13H21F3N2O2. The number of carbonyl (C=O) groups is 1. The van der Waals surface area contributed by atoms with Crippen molar-refractivity contribution >= 4 is 5.91 Å². The highest BCUT2D eigenvalue weighted by atomic mass is 19.4. The molecule has 0 saturated carbocycles. The van der Waals surface area contributed by atoms with Gasteiger partial charge in [-0.3, -0.25) is 4.79 Å². The van der Waals surface area contributed by atoms with Crippen molar-refractivity contribution in [3.8, 4) is 0 Å². The molecule has 0 aromatic heterocycles. The zero-order valence-electron chi connectivity index (χ0n) is 11.4. The average Bonchev–Trinajstić information content (AvgIpc) is 2.88. The molecule has 0 radical (unpaired) electrons. The van der Waals surface area contributed by atoms with E-state index in [1.165, 1.54) is 4.90 Å². The van der Waals surface area contributed by atoms with Crippen molar-refractivity contribution in [3.05, 3.63) is 0 Å². The monoisotopic (exact) mass is 294 g/mol. The zero-order valence-corrected chi connectivity index (χ0v) is 11.4. The number of nitrogens with one attached hydrogen (secondary N) is 1. The van der Waals surface area contributed by atoms with Crippen LogP contribution in [0.3, 0.4) is 0 Å². The molecule has 2 N–H and O–H groups in total. The number of piperidine rings is 1. The summed E-state index contributed by atoms with van der Waals surface area (Å²) in [6.07, 6.45) is -2.84. The maximum Gasteiger partial charge on any atom is 0.418 e. The Hall–Kier alpha value is -0.820. The summed E-state index contributed by atoms with van der Waals surface area (Å²) in [7, 11) is 0. The van der Waals surface area contributed by atoms with E-state index in [1.807, 2.05) is 0 Å². The van der Waals surface area contributed by atoms with Crippen LogP contribution in [-0.2, 0) is 4.79 Å². The summed E-state index contributed by atoms with van der Waals surface area (Å²) in [5.74, 6) is 0.157. The number of carbonyl (C=O) groups excluding carboxylic acids is 1. The van der Waals surface area contributed by atoms with E-state index in [9.17, 15) is 23.1 Å². The summed E-state index contributed by atoms with van der Waals surface area (Å²) in [4.78, 5) is 13.2.